The van der Waals surface area contributed by atoms with Gasteiger partial charge in [0, 0.05) is 62.2 Å². The molecule has 3 heteroatoms. The van der Waals surface area contributed by atoms with Gasteiger partial charge in [-0.25, -0.2) is 0 Å². The summed E-state index contributed by atoms with van der Waals surface area (Å²) in [5, 5.41) is 0. The molecule has 2 aliphatic heterocycles. The van der Waals surface area contributed by atoms with E-state index in [4.69, 9.17) is 0 Å². The number of para-hydroxylation sites is 4. The largest absolute Gasteiger partial charge is 0.333 e. The zero-order chi connectivity index (χ0) is 42.5. The smallest absolute Gasteiger partial charge is 0.0630 e. The molecular weight excluding hydrogens is 763 g/mol. The Bertz CT molecular complexity index is 3080. The highest BCUT2D eigenvalue weighted by Gasteiger charge is 2.48. The van der Waals surface area contributed by atoms with E-state index in [2.05, 4.69) is 255 Å². The van der Waals surface area contributed by atoms with Crippen molar-refractivity contribution < 1.29 is 0 Å². The molecule has 8 aromatic rings. The van der Waals surface area contributed by atoms with Crippen molar-refractivity contribution in [1.82, 2.24) is 0 Å². The molecule has 12 rings (SSSR count). The van der Waals surface area contributed by atoms with E-state index in [1.54, 1.807) is 0 Å². The molecule has 304 valence electrons. The van der Waals surface area contributed by atoms with Gasteiger partial charge in [-0.1, -0.05) is 161 Å². The summed E-state index contributed by atoms with van der Waals surface area (Å²) in [5.41, 5.74) is 21.3. The summed E-state index contributed by atoms with van der Waals surface area (Å²) in [7, 11) is 0. The first-order valence-corrected chi connectivity index (χ1v) is 22.3. The molecule has 0 radical (unpaired) electrons. The number of nitrogens with zero attached hydrogens (tertiary/aromatic N) is 3. The predicted molar refractivity (Wildman–Crippen MR) is 264 cm³/mol. The Morgan fingerprint density at radius 3 is 1.60 bits per heavy atom. The minimum absolute atomic E-state index is 0.0829. The van der Waals surface area contributed by atoms with Gasteiger partial charge in [-0.2, -0.15) is 0 Å². The van der Waals surface area contributed by atoms with Gasteiger partial charge in [0.15, 0.2) is 0 Å². The fourth-order valence-corrected chi connectivity index (χ4v) is 11.2. The molecule has 2 atom stereocenters. The summed E-state index contributed by atoms with van der Waals surface area (Å²) < 4.78 is 0. The number of fused-ring (bicyclic) bond motifs is 8. The molecule has 0 spiro atoms. The molecular formula is C60H49N3. The Morgan fingerprint density at radius 1 is 0.429 bits per heavy atom. The number of anilines is 8. The standard InChI is InChI=1S/C60H49N3/c1-59(2)52-25-15-14-24-48(52)49-34-33-46(38-54(49)59)61(42-18-8-5-9-19-42)45-31-28-40(29-32-45)41-30-35-56-50(36-41)51-37-47(62(43-20-10-6-11-21-43)44-22-12-7-13-23-44)39-55-58(51)63(56)57-27-17-16-26-53(57)60(55,3)4/h5-39,50,56H,1-4H3. The Balaban J connectivity index is 0.960. The zero-order valence-electron chi connectivity index (χ0n) is 36.2. The van der Waals surface area contributed by atoms with Crippen LogP contribution < -0.4 is 14.7 Å². The maximum Gasteiger partial charge on any atom is 0.0630 e. The van der Waals surface area contributed by atoms with Gasteiger partial charge < -0.3 is 14.7 Å². The first kappa shape index (κ1) is 37.4. The lowest BCUT2D eigenvalue weighted by atomic mass is 9.73. The van der Waals surface area contributed by atoms with Gasteiger partial charge >= 0.3 is 0 Å². The third-order valence-electron chi connectivity index (χ3n) is 14.3. The van der Waals surface area contributed by atoms with Gasteiger partial charge in [-0.3, -0.25) is 0 Å². The molecule has 0 amide bonds. The second-order valence-electron chi connectivity index (χ2n) is 18.6. The van der Waals surface area contributed by atoms with Crippen LogP contribution >= 0.6 is 0 Å². The first-order chi connectivity index (χ1) is 30.8. The zero-order valence-corrected chi connectivity index (χ0v) is 36.2. The lowest BCUT2D eigenvalue weighted by molar-refractivity contribution is 0.621. The molecule has 0 aromatic heterocycles. The van der Waals surface area contributed by atoms with Crippen LogP contribution in [0, 0.1) is 0 Å². The van der Waals surface area contributed by atoms with Crippen molar-refractivity contribution in [3.8, 4) is 11.1 Å². The Morgan fingerprint density at radius 2 is 0.937 bits per heavy atom. The second-order valence-corrected chi connectivity index (χ2v) is 18.6. The molecule has 2 aliphatic carbocycles. The summed E-state index contributed by atoms with van der Waals surface area (Å²) in [4.78, 5) is 7.46. The van der Waals surface area contributed by atoms with Crippen molar-refractivity contribution in [2.24, 2.45) is 0 Å². The maximum atomic E-state index is 2.64. The van der Waals surface area contributed by atoms with Crippen molar-refractivity contribution in [3.63, 3.8) is 0 Å². The van der Waals surface area contributed by atoms with Crippen LogP contribution in [0.2, 0.25) is 0 Å². The molecule has 4 aliphatic rings. The van der Waals surface area contributed by atoms with E-state index in [0.717, 1.165) is 28.4 Å². The molecule has 8 aromatic carbocycles. The topological polar surface area (TPSA) is 9.72 Å². The molecule has 0 saturated carbocycles. The number of allylic oxidation sites excluding steroid dienone is 2. The van der Waals surface area contributed by atoms with Crippen molar-refractivity contribution in [3.05, 3.63) is 246 Å². The highest BCUT2D eigenvalue weighted by atomic mass is 15.2. The molecule has 0 bridgehead atoms. The van der Waals surface area contributed by atoms with Crippen LogP contribution in [0.1, 0.15) is 67.0 Å². The van der Waals surface area contributed by atoms with Crippen molar-refractivity contribution >= 4 is 51.1 Å². The molecule has 0 N–H and O–H groups in total. The van der Waals surface area contributed by atoms with Gasteiger partial charge in [0.05, 0.1) is 6.04 Å². The Hall–Kier alpha value is -7.36. The van der Waals surface area contributed by atoms with Crippen LogP contribution in [0.15, 0.2) is 212 Å². The van der Waals surface area contributed by atoms with Crippen LogP contribution in [0.4, 0.5) is 45.5 Å². The lowest BCUT2D eigenvalue weighted by Gasteiger charge is -2.42. The van der Waals surface area contributed by atoms with Gasteiger partial charge in [-0.15, -0.1) is 0 Å². The number of hydrogen-bond acceptors (Lipinski definition) is 3. The lowest BCUT2D eigenvalue weighted by Crippen LogP contribution is -2.36. The van der Waals surface area contributed by atoms with E-state index in [0.29, 0.717) is 0 Å². The summed E-state index contributed by atoms with van der Waals surface area (Å²) in [6.07, 6.45) is 7.36. The molecule has 2 heterocycles. The normalized spacial score (nSPS) is 17.8. The SMILES string of the molecule is CC1(C)c2ccccc2-c2ccc(N(c3ccccc3)c3ccc(C4=CC5c6cc(N(c7ccccc7)c7ccccc7)cc7c6N(c6ccccc6C7(C)C)C5C=C4)cc3)cc21. The Labute approximate surface area is 371 Å². The average molecular weight is 812 g/mol. The van der Waals surface area contributed by atoms with Crippen LogP contribution in [-0.2, 0) is 10.8 Å². The van der Waals surface area contributed by atoms with Gasteiger partial charge in [0.1, 0.15) is 0 Å². The van der Waals surface area contributed by atoms with Crippen LogP contribution in [-0.4, -0.2) is 6.04 Å². The minimum Gasteiger partial charge on any atom is -0.333 e. The van der Waals surface area contributed by atoms with E-state index >= 15 is 0 Å². The van der Waals surface area contributed by atoms with Gasteiger partial charge in [0.25, 0.3) is 0 Å². The third kappa shape index (κ3) is 5.72. The predicted octanol–water partition coefficient (Wildman–Crippen LogP) is 15.8. The highest BCUT2D eigenvalue weighted by Crippen LogP contribution is 2.60. The first-order valence-electron chi connectivity index (χ1n) is 22.3. The number of rotatable bonds is 7. The van der Waals surface area contributed by atoms with E-state index in [1.807, 2.05) is 0 Å². The van der Waals surface area contributed by atoms with Gasteiger partial charge in [-0.05, 0) is 129 Å². The highest BCUT2D eigenvalue weighted by molar-refractivity contribution is 5.92. The van der Waals surface area contributed by atoms with Crippen LogP contribution in [0.3, 0.4) is 0 Å². The van der Waals surface area contributed by atoms with Crippen molar-refractivity contribution in [2.45, 2.75) is 50.5 Å². The summed E-state index contributed by atoms with van der Waals surface area (Å²) in [6.45, 7) is 9.52. The third-order valence-corrected chi connectivity index (χ3v) is 14.3. The van der Waals surface area contributed by atoms with E-state index in [1.165, 1.54) is 67.1 Å². The van der Waals surface area contributed by atoms with Gasteiger partial charge in [0.2, 0.25) is 0 Å². The molecule has 63 heavy (non-hydrogen) atoms. The van der Waals surface area contributed by atoms with Crippen molar-refractivity contribution in [1.29, 1.82) is 0 Å². The Kier molecular flexibility index (Phi) is 8.36. The average Bonchev–Trinajstić information content (AvgIpc) is 3.77. The molecule has 2 unspecified atom stereocenters. The van der Waals surface area contributed by atoms with E-state index < -0.39 is 0 Å². The fraction of sp³-hybridized carbons (Fsp3) is 0.133. The van der Waals surface area contributed by atoms with Crippen LogP contribution in [0.5, 0.6) is 0 Å². The summed E-state index contributed by atoms with van der Waals surface area (Å²) in [6, 6.07) is 71.7. The van der Waals surface area contributed by atoms with Crippen LogP contribution in [0.25, 0.3) is 16.7 Å². The minimum atomic E-state index is -0.199. The number of hydrogen-bond donors (Lipinski definition) is 0. The van der Waals surface area contributed by atoms with Crippen molar-refractivity contribution in [2.75, 3.05) is 14.7 Å². The summed E-state index contributed by atoms with van der Waals surface area (Å²) in [5.74, 6) is 0.161. The molecule has 0 saturated heterocycles. The monoisotopic (exact) mass is 811 g/mol. The molecule has 0 fully saturated rings. The quantitative estimate of drug-likeness (QED) is 0.159. The van der Waals surface area contributed by atoms with E-state index in [-0.39, 0.29) is 22.8 Å². The second kappa shape index (κ2) is 14.1. The number of benzene rings is 8. The fourth-order valence-electron chi connectivity index (χ4n) is 11.2. The maximum absolute atomic E-state index is 2.64. The van der Waals surface area contributed by atoms with E-state index in [9.17, 15) is 0 Å². The summed E-state index contributed by atoms with van der Waals surface area (Å²) >= 11 is 0. The molecule has 3 nitrogen and oxygen atoms in total.